The van der Waals surface area contributed by atoms with Gasteiger partial charge in [-0.1, -0.05) is 7.43 Å². The van der Waals surface area contributed by atoms with Crippen molar-refractivity contribution in [1.29, 1.82) is 0 Å². The van der Waals surface area contributed by atoms with E-state index < -0.39 is 23.1 Å². The monoisotopic (exact) mass is 1040 g/mol. The maximum Gasteiger partial charge on any atom is 0.413 e. The number of rotatable bonds is 14. The Morgan fingerprint density at radius 1 is 0.760 bits per heavy atom. The van der Waals surface area contributed by atoms with Crippen molar-refractivity contribution >= 4 is 47.5 Å². The van der Waals surface area contributed by atoms with Crippen LogP contribution < -0.4 is 41.6 Å². The number of fused-ring (bicyclic) bond motifs is 3. The molecule has 4 aromatic rings. The van der Waals surface area contributed by atoms with Gasteiger partial charge in [0.2, 0.25) is 0 Å². The number of hydrogen-bond donors (Lipinski definition) is 5. The molecule has 3 aromatic carbocycles. The minimum absolute atomic E-state index is 0. The van der Waals surface area contributed by atoms with Crippen LogP contribution in [0.4, 0.5) is 26.6 Å². The molecule has 1 aromatic heterocycles. The first-order valence-electron chi connectivity index (χ1n) is 24.8. The van der Waals surface area contributed by atoms with Gasteiger partial charge in [-0.25, -0.2) is 19.4 Å². The summed E-state index contributed by atoms with van der Waals surface area (Å²) in [4.78, 5) is 52.7. The first kappa shape index (κ1) is 61.7. The van der Waals surface area contributed by atoms with Crippen LogP contribution in [0.5, 0.6) is 17.2 Å². The molecule has 0 saturated heterocycles. The van der Waals surface area contributed by atoms with Crippen LogP contribution in [0.1, 0.15) is 135 Å². The summed E-state index contributed by atoms with van der Waals surface area (Å²) in [6.07, 6.45) is 13.2. The average Bonchev–Trinajstić information content (AvgIpc) is 3.87. The largest absolute Gasteiger partial charge is 0.493 e. The highest BCUT2D eigenvalue weighted by Gasteiger charge is 2.27. The first-order chi connectivity index (χ1) is 34.8. The van der Waals surface area contributed by atoms with Crippen LogP contribution in [0.2, 0.25) is 0 Å². The lowest BCUT2D eigenvalue weighted by molar-refractivity contribution is -0.146. The van der Waals surface area contributed by atoms with Crippen LogP contribution in [-0.2, 0) is 30.2 Å². The number of benzene rings is 3. The second-order valence-electron chi connectivity index (χ2n) is 19.6. The van der Waals surface area contributed by atoms with E-state index >= 15 is 0 Å². The number of carbonyl (C=O) groups excluding carboxylic acids is 3. The van der Waals surface area contributed by atoms with E-state index in [2.05, 4.69) is 38.3 Å². The third kappa shape index (κ3) is 19.3. The molecule has 18 nitrogen and oxygen atoms in total. The number of nitrogens with one attached hydrogen (secondary N) is 2. The van der Waals surface area contributed by atoms with Gasteiger partial charge in [0.25, 0.3) is 0 Å². The van der Waals surface area contributed by atoms with Crippen LogP contribution >= 0.6 is 0 Å². The smallest absolute Gasteiger partial charge is 0.413 e. The van der Waals surface area contributed by atoms with E-state index in [0.29, 0.717) is 62.2 Å². The van der Waals surface area contributed by atoms with Gasteiger partial charge in [0.15, 0.2) is 0 Å². The highest BCUT2D eigenvalue weighted by molar-refractivity contribution is 6.23. The van der Waals surface area contributed by atoms with Gasteiger partial charge in [-0.3, -0.25) is 19.6 Å². The average molecular weight is 1040 g/mol. The molecule has 8 N–H and O–H groups in total. The van der Waals surface area contributed by atoms with Crippen molar-refractivity contribution in [3.8, 4) is 17.2 Å². The number of nitrogens with two attached hydrogens (primary N) is 3. The molecule has 4 heterocycles. The molecule has 19 heteroatoms. The number of anilines is 3. The number of hydrogen-bond acceptors (Lipinski definition) is 16. The number of ether oxygens (including phenoxy) is 6. The van der Waals surface area contributed by atoms with Crippen LogP contribution in [0.25, 0.3) is 0 Å². The van der Waals surface area contributed by atoms with E-state index in [1.807, 2.05) is 103 Å². The number of aromatic amines is 1. The van der Waals surface area contributed by atoms with Crippen molar-refractivity contribution in [2.45, 2.75) is 130 Å². The Kier molecular flexibility index (Phi) is 24.2. The third-order valence-corrected chi connectivity index (χ3v) is 11.7. The zero-order valence-electron chi connectivity index (χ0n) is 44.3. The molecule has 3 unspecified atom stereocenters. The Labute approximate surface area is 441 Å². The Morgan fingerprint density at radius 3 is 1.72 bits per heavy atom. The van der Waals surface area contributed by atoms with Crippen molar-refractivity contribution in [2.24, 2.45) is 21.5 Å². The molecule has 0 radical (unpaired) electrons. The molecule has 1 amide bonds. The molecule has 3 atom stereocenters. The summed E-state index contributed by atoms with van der Waals surface area (Å²) < 4.78 is 32.5. The number of carbonyl (C=O) groups is 3. The number of nitrogens with zero attached hydrogens (tertiary/aromatic N) is 4. The van der Waals surface area contributed by atoms with Gasteiger partial charge in [0.1, 0.15) is 40.9 Å². The molecule has 3 aliphatic heterocycles. The number of esters is 2. The maximum atomic E-state index is 11.9. The van der Waals surface area contributed by atoms with Gasteiger partial charge < -0.3 is 55.9 Å². The fourth-order valence-electron chi connectivity index (χ4n) is 8.47. The third-order valence-electron chi connectivity index (χ3n) is 11.7. The number of amides is 1. The van der Waals surface area contributed by atoms with E-state index in [-0.39, 0.29) is 30.1 Å². The van der Waals surface area contributed by atoms with E-state index in [1.54, 1.807) is 11.2 Å². The summed E-state index contributed by atoms with van der Waals surface area (Å²) in [6, 6.07) is 17.6. The van der Waals surface area contributed by atoms with Crippen LogP contribution in [0, 0.1) is 0 Å². The number of H-pyrrole nitrogens is 1. The molecule has 0 fully saturated rings. The standard InChI is InChI=1S/C20H29N3O3.C18H25N3O3.C17H21N3O3.CH4.FH/c1-5-22-15-6-7-18-17(11-15)14(8-9-25-18)10-16(12-21)23-13-19(24)26-20(2,3)4;1-18(2,3)24-17(22)11-21-14(10-19)8-12-6-7-23-16-5-4-13(20)9-15(12)16;1-3-20(17(21)22-2)14-4-5-16-15(9-14)12(6-7-23-16)8-13-10-18-11-19-13;;/h6-7,11-14,22H,5,8-10,21H2,1-4H3;4-5,9-12H,6-8,19-20H2,1-3H3;4-5,9-12H,3,6-8H2,1-2H3,(H,18,19);1H4;1H/b16-12-,23-13?;14-10-,21-11?;;;. The molecule has 0 spiro atoms. The fraction of sp³-hybridized carbons (Fsp3) is 0.464. The summed E-state index contributed by atoms with van der Waals surface area (Å²) in [5.41, 5.74) is 24.5. The number of aliphatic imine (C=N–C) groups is 2. The Bertz CT molecular complexity index is 2590. The minimum Gasteiger partial charge on any atom is -0.493 e. The lowest BCUT2D eigenvalue weighted by atomic mass is 9.89. The Morgan fingerprint density at radius 2 is 1.25 bits per heavy atom. The Hall–Kier alpha value is -7.57. The summed E-state index contributed by atoms with van der Waals surface area (Å²) in [7, 11) is 1.40. The minimum atomic E-state index is -0.549. The zero-order valence-corrected chi connectivity index (χ0v) is 44.3. The van der Waals surface area contributed by atoms with Crippen molar-refractivity contribution in [2.75, 3.05) is 56.0 Å². The van der Waals surface area contributed by atoms with Crippen LogP contribution in [-0.4, -0.2) is 91.7 Å². The van der Waals surface area contributed by atoms with Gasteiger partial charge >= 0.3 is 18.0 Å². The van der Waals surface area contributed by atoms with E-state index in [4.69, 9.17) is 45.6 Å². The van der Waals surface area contributed by atoms with Gasteiger partial charge in [0, 0.05) is 54.4 Å². The lowest BCUT2D eigenvalue weighted by Gasteiger charge is -2.28. The van der Waals surface area contributed by atoms with Crippen molar-refractivity contribution in [3.05, 3.63) is 113 Å². The second kappa shape index (κ2) is 29.4. The number of allylic oxidation sites excluding steroid dienone is 2. The van der Waals surface area contributed by atoms with Crippen molar-refractivity contribution < 1.29 is 47.5 Å². The summed E-state index contributed by atoms with van der Waals surface area (Å²) in [6.45, 7) is 18.3. The zero-order chi connectivity index (χ0) is 53.1. The summed E-state index contributed by atoms with van der Waals surface area (Å²) >= 11 is 0. The Balaban J connectivity index is 0.000000293. The predicted molar refractivity (Wildman–Crippen MR) is 296 cm³/mol. The fourth-order valence-corrected chi connectivity index (χ4v) is 8.47. The molecule has 410 valence electrons. The molecular weight excluding hydrogens is 962 g/mol. The number of halogens is 1. The van der Waals surface area contributed by atoms with Gasteiger partial charge in [-0.15, -0.1) is 0 Å². The second-order valence-corrected chi connectivity index (χ2v) is 19.6. The van der Waals surface area contributed by atoms with Gasteiger partial charge in [-0.2, -0.15) is 0 Å². The number of methoxy groups -OCH3 is 1. The molecule has 0 aliphatic carbocycles. The topological polar surface area (TPSA) is 253 Å². The number of imidazole rings is 1. The SMILES string of the molecule is C.CC(C)(C)OC(=O)C=N/C(=C\N)CC1CCOc2ccc(N)cc21.CCN(C(=O)OC)c1ccc2c(c1)C(Cc1cnc[nH]1)CCO2.CCNc1ccc2c(c1)C(C/C(=C/N)N=CC(=O)OC(C)(C)C)CCO2.F. The molecule has 3 aliphatic rings. The summed E-state index contributed by atoms with van der Waals surface area (Å²) in [5, 5.41) is 3.32. The molecule has 0 bridgehead atoms. The predicted octanol–water partition coefficient (Wildman–Crippen LogP) is 10.2. The van der Waals surface area contributed by atoms with E-state index in [0.717, 1.165) is 83.2 Å². The number of aromatic nitrogens is 2. The van der Waals surface area contributed by atoms with Crippen molar-refractivity contribution in [1.82, 2.24) is 9.97 Å². The molecule has 75 heavy (non-hydrogen) atoms. The molecule has 7 rings (SSSR count). The normalized spacial score (nSPS) is 16.9. The first-order valence-corrected chi connectivity index (χ1v) is 24.8. The van der Waals surface area contributed by atoms with Crippen molar-refractivity contribution in [3.63, 3.8) is 0 Å². The summed E-state index contributed by atoms with van der Waals surface area (Å²) in [5.74, 6) is 2.45. The lowest BCUT2D eigenvalue weighted by Crippen LogP contribution is -2.30. The van der Waals surface area contributed by atoms with E-state index in [1.165, 1.54) is 31.9 Å². The quantitative estimate of drug-likeness (QED) is 0.0341. The van der Waals surface area contributed by atoms with Gasteiger partial charge in [-0.05, 0) is 183 Å². The van der Waals surface area contributed by atoms with Gasteiger partial charge in [0.05, 0.1) is 44.7 Å². The number of nitrogen functional groups attached to an aromatic ring is 1. The molecule has 0 saturated carbocycles. The highest BCUT2D eigenvalue weighted by atomic mass is 19.0. The van der Waals surface area contributed by atoms with Crippen LogP contribution in [0.15, 0.2) is 101 Å². The van der Waals surface area contributed by atoms with Crippen LogP contribution in [0.3, 0.4) is 0 Å². The maximum absolute atomic E-state index is 11.9. The highest BCUT2D eigenvalue weighted by Crippen LogP contribution is 2.41. The van der Waals surface area contributed by atoms with E-state index in [9.17, 15) is 14.4 Å². The molecular formula is C56H80FN9O9.